The molecule has 1 N–H and O–H groups in total. The van der Waals surface area contributed by atoms with Crippen molar-refractivity contribution >= 4 is 5.91 Å². The van der Waals surface area contributed by atoms with Crippen molar-refractivity contribution < 1.29 is 4.79 Å². The smallest absolute Gasteiger partial charge is 0.255 e. The monoisotopic (exact) mass is 430 g/mol. The number of nitrogens with zero attached hydrogens (tertiary/aromatic N) is 5. The van der Waals surface area contributed by atoms with Gasteiger partial charge >= 0.3 is 0 Å². The number of H-pyrrole nitrogens is 1. The Morgan fingerprint density at radius 3 is 2.66 bits per heavy atom. The number of amides is 1. The van der Waals surface area contributed by atoms with Gasteiger partial charge in [0.2, 0.25) is 0 Å². The van der Waals surface area contributed by atoms with Gasteiger partial charge in [0.05, 0.1) is 5.56 Å². The van der Waals surface area contributed by atoms with Crippen molar-refractivity contribution in [2.24, 2.45) is 5.41 Å². The lowest BCUT2D eigenvalue weighted by Gasteiger charge is -2.50. The van der Waals surface area contributed by atoms with Crippen molar-refractivity contribution in [1.82, 2.24) is 30.0 Å². The number of aryl methyl sites for hydroxylation is 1. The summed E-state index contributed by atoms with van der Waals surface area (Å²) in [5.41, 5.74) is 2.96. The molecular weight excluding hydrogens is 400 g/mol. The predicted molar refractivity (Wildman–Crippen MR) is 122 cm³/mol. The molecule has 2 fully saturated rings. The molecule has 1 aromatic carbocycles. The van der Waals surface area contributed by atoms with Gasteiger partial charge in [-0.2, -0.15) is 5.10 Å². The van der Waals surface area contributed by atoms with Gasteiger partial charge in [-0.05, 0) is 24.1 Å². The Bertz CT molecular complexity index is 1100. The van der Waals surface area contributed by atoms with Gasteiger partial charge in [-0.25, -0.2) is 4.98 Å². The van der Waals surface area contributed by atoms with Crippen LogP contribution in [0.4, 0.5) is 0 Å². The Labute approximate surface area is 188 Å². The Kier molecular flexibility index (Phi) is 5.29. The van der Waals surface area contributed by atoms with E-state index in [-0.39, 0.29) is 23.2 Å². The van der Waals surface area contributed by atoms with E-state index in [2.05, 4.69) is 64.3 Å². The molecule has 0 radical (unpaired) electrons. The molecule has 2 aromatic heterocycles. The molecule has 0 aliphatic carbocycles. The van der Waals surface area contributed by atoms with Crippen molar-refractivity contribution in [2.45, 2.75) is 39.2 Å². The number of carbonyl (C=O) groups excluding carboxylic acids is 1. The van der Waals surface area contributed by atoms with E-state index >= 15 is 0 Å². The maximum Gasteiger partial charge on any atom is 0.255 e. The average molecular weight is 431 g/mol. The van der Waals surface area contributed by atoms with E-state index in [0.717, 1.165) is 49.9 Å². The van der Waals surface area contributed by atoms with Crippen molar-refractivity contribution in [1.29, 1.82) is 0 Å². The molecule has 7 heteroatoms. The number of carbonyl (C=O) groups is 1. The van der Waals surface area contributed by atoms with Gasteiger partial charge in [-0.1, -0.05) is 44.2 Å². The number of rotatable bonds is 5. The second kappa shape index (κ2) is 8.13. The number of hydrogen-bond acceptors (Lipinski definition) is 5. The lowest BCUT2D eigenvalue weighted by molar-refractivity contribution is 0.00171. The minimum Gasteiger partial charge on any atom is -0.337 e. The molecule has 32 heavy (non-hydrogen) atoms. The van der Waals surface area contributed by atoms with Crippen molar-refractivity contribution in [3.05, 3.63) is 77.1 Å². The quantitative estimate of drug-likeness (QED) is 0.671. The Morgan fingerprint density at radius 1 is 1.19 bits per heavy atom. The molecule has 2 saturated heterocycles. The molecule has 1 unspecified atom stereocenters. The number of nitrogens with one attached hydrogen (secondary N) is 1. The number of aromatic amines is 1. The van der Waals surface area contributed by atoms with E-state index < -0.39 is 0 Å². The normalized spacial score (nSPS) is 20.1. The van der Waals surface area contributed by atoms with E-state index in [1.807, 2.05) is 17.9 Å². The minimum absolute atomic E-state index is 0.00562. The first-order valence-electron chi connectivity index (χ1n) is 11.3. The summed E-state index contributed by atoms with van der Waals surface area (Å²) in [6.07, 6.45) is 3.41. The highest BCUT2D eigenvalue weighted by molar-refractivity contribution is 5.96. The summed E-state index contributed by atoms with van der Waals surface area (Å²) in [5.74, 6) is 2.39. The van der Waals surface area contributed by atoms with Crippen molar-refractivity contribution in [2.75, 3.05) is 26.2 Å². The first-order valence-corrected chi connectivity index (χ1v) is 11.3. The van der Waals surface area contributed by atoms with Crippen LogP contribution in [-0.4, -0.2) is 62.1 Å². The third-order valence-electron chi connectivity index (χ3n) is 6.90. The van der Waals surface area contributed by atoms with Gasteiger partial charge in [0.25, 0.3) is 5.91 Å². The summed E-state index contributed by atoms with van der Waals surface area (Å²) in [6, 6.07) is 12.5. The zero-order chi connectivity index (χ0) is 22.3. The number of aromatic nitrogens is 4. The summed E-state index contributed by atoms with van der Waals surface area (Å²) in [6.45, 7) is 10.4. The third kappa shape index (κ3) is 3.71. The molecule has 3 aromatic rings. The maximum atomic E-state index is 13.1. The standard InChI is InChI=1S/C25H30N6O/c1-17(2)22-27-23(29-28-22)21-13-30(12-19-7-5-4-6-8-19)14-25(21)15-31(16-25)24(32)20-11-26-10-9-18(20)3/h4-11,17,21H,12-16H2,1-3H3,(H,27,28,29). The van der Waals surface area contributed by atoms with E-state index in [0.29, 0.717) is 5.56 Å². The van der Waals surface area contributed by atoms with Gasteiger partial charge in [-0.15, -0.1) is 0 Å². The molecule has 2 aliphatic heterocycles. The van der Waals surface area contributed by atoms with Crippen LogP contribution in [0.25, 0.3) is 0 Å². The zero-order valence-electron chi connectivity index (χ0n) is 19.0. The second-order valence-electron chi connectivity index (χ2n) is 9.66. The van der Waals surface area contributed by atoms with Gasteiger partial charge < -0.3 is 4.90 Å². The first-order chi connectivity index (χ1) is 15.4. The van der Waals surface area contributed by atoms with Crippen LogP contribution in [0.3, 0.4) is 0 Å². The summed E-state index contributed by atoms with van der Waals surface area (Å²) < 4.78 is 0. The van der Waals surface area contributed by atoms with Crippen LogP contribution in [-0.2, 0) is 6.54 Å². The van der Waals surface area contributed by atoms with Crippen LogP contribution < -0.4 is 0 Å². The highest BCUT2D eigenvalue weighted by atomic mass is 16.2. The zero-order valence-corrected chi connectivity index (χ0v) is 19.0. The summed E-state index contributed by atoms with van der Waals surface area (Å²) in [7, 11) is 0. The van der Waals surface area contributed by atoms with E-state index in [4.69, 9.17) is 4.98 Å². The van der Waals surface area contributed by atoms with E-state index in [9.17, 15) is 4.79 Å². The Morgan fingerprint density at radius 2 is 1.97 bits per heavy atom. The van der Waals surface area contributed by atoms with Gasteiger partial charge in [0.1, 0.15) is 5.82 Å². The van der Waals surface area contributed by atoms with Crippen LogP contribution in [0.15, 0.2) is 48.8 Å². The molecule has 4 heterocycles. The van der Waals surface area contributed by atoms with Gasteiger partial charge in [0, 0.05) is 62.4 Å². The molecule has 1 atom stereocenters. The maximum absolute atomic E-state index is 13.1. The molecule has 2 aliphatic rings. The number of benzene rings is 1. The fraction of sp³-hybridized carbons (Fsp3) is 0.440. The fourth-order valence-corrected chi connectivity index (χ4v) is 5.15. The average Bonchev–Trinajstić information content (AvgIpc) is 3.38. The Hall–Kier alpha value is -3.06. The first kappa shape index (κ1) is 20.8. The molecule has 7 nitrogen and oxygen atoms in total. The number of likely N-dealkylation sites (tertiary alicyclic amines) is 2. The van der Waals surface area contributed by atoms with Crippen molar-refractivity contribution in [3.63, 3.8) is 0 Å². The highest BCUT2D eigenvalue weighted by Gasteiger charge is 2.57. The van der Waals surface area contributed by atoms with Crippen LogP contribution in [0.2, 0.25) is 0 Å². The summed E-state index contributed by atoms with van der Waals surface area (Å²) >= 11 is 0. The summed E-state index contributed by atoms with van der Waals surface area (Å²) in [5, 5.41) is 7.68. The molecular formula is C25H30N6O. The topological polar surface area (TPSA) is 78.0 Å². The number of hydrogen-bond donors (Lipinski definition) is 1. The van der Waals surface area contributed by atoms with Crippen LogP contribution in [0.5, 0.6) is 0 Å². The molecule has 1 amide bonds. The van der Waals surface area contributed by atoms with E-state index in [1.165, 1.54) is 5.56 Å². The van der Waals surface area contributed by atoms with Crippen molar-refractivity contribution in [3.8, 4) is 0 Å². The SMILES string of the molecule is Cc1ccncc1C(=O)N1CC2(CN(Cc3ccccc3)CC2c2nc(C(C)C)n[nH]2)C1. The molecule has 1 spiro atoms. The highest BCUT2D eigenvalue weighted by Crippen LogP contribution is 2.49. The van der Waals surface area contributed by atoms with Crippen LogP contribution >= 0.6 is 0 Å². The lowest BCUT2D eigenvalue weighted by Crippen LogP contribution is -2.61. The molecule has 166 valence electrons. The molecule has 0 bridgehead atoms. The predicted octanol–water partition coefficient (Wildman–Crippen LogP) is 3.37. The molecule has 0 saturated carbocycles. The van der Waals surface area contributed by atoms with Crippen LogP contribution in [0.1, 0.15) is 58.8 Å². The third-order valence-corrected chi connectivity index (χ3v) is 6.90. The Balaban J connectivity index is 1.38. The van der Waals surface area contributed by atoms with Crippen LogP contribution in [0, 0.1) is 12.3 Å². The second-order valence-corrected chi connectivity index (χ2v) is 9.66. The summed E-state index contributed by atoms with van der Waals surface area (Å²) in [4.78, 5) is 26.6. The minimum atomic E-state index is -0.00562. The number of pyridine rings is 1. The fourth-order valence-electron chi connectivity index (χ4n) is 5.15. The van der Waals surface area contributed by atoms with E-state index in [1.54, 1.807) is 12.4 Å². The molecule has 5 rings (SSSR count). The van der Waals surface area contributed by atoms with Gasteiger partial charge in [-0.3, -0.25) is 19.8 Å². The largest absolute Gasteiger partial charge is 0.337 e. The van der Waals surface area contributed by atoms with Gasteiger partial charge in [0.15, 0.2) is 5.82 Å². The lowest BCUT2D eigenvalue weighted by atomic mass is 9.71.